The number of carboxylic acids is 1. The lowest BCUT2D eigenvalue weighted by molar-refractivity contribution is -0.142. The maximum Gasteiger partial charge on any atom is 0.328 e. The van der Waals surface area contributed by atoms with E-state index in [9.17, 15) is 18.4 Å². The van der Waals surface area contributed by atoms with E-state index in [0.29, 0.717) is 81.4 Å². The Labute approximate surface area is 508 Å². The summed E-state index contributed by atoms with van der Waals surface area (Å²) in [6.07, 6.45) is 19.4. The van der Waals surface area contributed by atoms with Gasteiger partial charge in [0.1, 0.15) is 36.5 Å². The number of rotatable bonds is 16. The molecule has 1 amide bonds. The number of hydrogen-bond donors (Lipinski definition) is 4. The van der Waals surface area contributed by atoms with Crippen molar-refractivity contribution in [3.63, 3.8) is 0 Å². The van der Waals surface area contributed by atoms with Crippen molar-refractivity contribution in [2.45, 2.75) is 71.0 Å². The third-order valence-electron chi connectivity index (χ3n) is 16.2. The number of methoxy groups -OCH3 is 2. The van der Waals surface area contributed by atoms with E-state index in [1.807, 2.05) is 23.1 Å². The average molecular weight is 1240 g/mol. The van der Waals surface area contributed by atoms with Crippen LogP contribution in [-0.2, 0) is 9.59 Å². The first-order valence-electron chi connectivity index (χ1n) is 28.0. The number of aliphatic carboxylic acids is 1. The molecule has 5 saturated heterocycles. The minimum absolute atomic E-state index is 0. The SMILES string of the molecule is C.COc1cc2ncnc(Nc3ccc(Cl)c(Cl)c3F)c2cc1OC1[C@@H]2CNC[C@H]1C2.COc1cc2ncnc(Nc3ccc(Cl)c(Cl)c3F)c2cc1OC1[C@@H]2C[C@H]1CN(C(=O)/C=C/CN1CCCCC1)C2.O=C(O)/C=C/CN1CCCCC1. The van der Waals surface area contributed by atoms with Gasteiger partial charge < -0.3 is 44.9 Å². The number of anilines is 4. The van der Waals surface area contributed by atoms with Crippen molar-refractivity contribution in [3.05, 3.63) is 117 Å². The Bertz CT molecular complexity index is 3350. The van der Waals surface area contributed by atoms with Crippen molar-refractivity contribution in [3.8, 4) is 23.0 Å². The smallest absolute Gasteiger partial charge is 0.328 e. The summed E-state index contributed by atoms with van der Waals surface area (Å²) < 4.78 is 53.3. The van der Waals surface area contributed by atoms with Crippen LogP contribution in [0.3, 0.4) is 0 Å². The Hall–Kier alpha value is -6.32. The van der Waals surface area contributed by atoms with Gasteiger partial charge >= 0.3 is 5.97 Å². The molecule has 2 aromatic heterocycles. The number of nitrogens with zero attached hydrogens (tertiary/aromatic N) is 7. The number of carboxylic acid groups (broad SMARTS) is 1. The summed E-state index contributed by atoms with van der Waals surface area (Å²) in [5, 5.41) is 19.0. The molecule has 2 unspecified atom stereocenters. The minimum Gasteiger partial charge on any atom is -0.493 e. The first kappa shape index (κ1) is 62.2. The molecule has 7 heterocycles. The second-order valence-corrected chi connectivity index (χ2v) is 23.2. The monoisotopic (exact) mass is 1230 g/mol. The van der Waals surface area contributed by atoms with Crippen molar-refractivity contribution >= 4 is 103 Å². The van der Waals surface area contributed by atoms with Gasteiger partial charge in [-0.3, -0.25) is 14.6 Å². The van der Waals surface area contributed by atoms with Crippen LogP contribution < -0.4 is 34.9 Å². The molecule has 7 aliphatic rings. The van der Waals surface area contributed by atoms with Gasteiger partial charge in [-0.25, -0.2) is 33.5 Å². The van der Waals surface area contributed by atoms with Gasteiger partial charge in [0.05, 0.1) is 56.7 Å². The molecule has 17 nitrogen and oxygen atoms in total. The Kier molecular flexibility index (Phi) is 21.3. The van der Waals surface area contributed by atoms with Crippen LogP contribution in [-0.4, -0.2) is 143 Å². The van der Waals surface area contributed by atoms with Crippen LogP contribution in [0.5, 0.6) is 23.0 Å². The minimum atomic E-state index is -0.855. The van der Waals surface area contributed by atoms with Gasteiger partial charge in [0.2, 0.25) is 5.91 Å². The summed E-state index contributed by atoms with van der Waals surface area (Å²) in [6, 6.07) is 13.3. The second-order valence-electron chi connectivity index (χ2n) is 21.6. The normalized spacial score (nSPS) is 21.9. The van der Waals surface area contributed by atoms with Crippen molar-refractivity contribution in [2.24, 2.45) is 23.7 Å². The molecule has 448 valence electrons. The van der Waals surface area contributed by atoms with Gasteiger partial charge in [-0.05, 0) is 101 Å². The highest BCUT2D eigenvalue weighted by Gasteiger charge is 2.50. The largest absolute Gasteiger partial charge is 0.493 e. The van der Waals surface area contributed by atoms with Gasteiger partial charge in [-0.15, -0.1) is 0 Å². The van der Waals surface area contributed by atoms with Crippen molar-refractivity contribution < 1.29 is 42.4 Å². The van der Waals surface area contributed by atoms with E-state index in [4.69, 9.17) is 70.5 Å². The van der Waals surface area contributed by atoms with Crippen LogP contribution in [0.15, 0.2) is 85.5 Å². The Morgan fingerprint density at radius 3 is 1.51 bits per heavy atom. The van der Waals surface area contributed by atoms with Crippen LogP contribution in [0.1, 0.15) is 58.8 Å². The molecule has 13 rings (SSSR count). The quantitative estimate of drug-likeness (QED) is 0.0529. The fraction of sp³-hybridized carbons (Fsp3) is 0.443. The Balaban J connectivity index is 0.000000172. The molecule has 5 aliphatic heterocycles. The molecule has 7 fully saturated rings. The number of piperidine rings is 6. The summed E-state index contributed by atoms with van der Waals surface area (Å²) in [7, 11) is 3.18. The van der Waals surface area contributed by atoms with E-state index in [1.54, 1.807) is 38.5 Å². The zero-order chi connectivity index (χ0) is 58.1. The highest BCUT2D eigenvalue weighted by Crippen LogP contribution is 2.47. The number of hydrogen-bond acceptors (Lipinski definition) is 15. The third kappa shape index (κ3) is 14.7. The third-order valence-corrected chi connectivity index (χ3v) is 17.8. The topological polar surface area (TPSA) is 189 Å². The molecule has 4 N–H and O–H groups in total. The molecule has 84 heavy (non-hydrogen) atoms. The van der Waals surface area contributed by atoms with Crippen molar-refractivity contribution in [1.29, 1.82) is 0 Å². The van der Waals surface area contributed by atoms with Gasteiger partial charge in [-0.2, -0.15) is 0 Å². The van der Waals surface area contributed by atoms with Crippen molar-refractivity contribution in [1.82, 2.24) is 40.0 Å². The van der Waals surface area contributed by atoms with Crippen LogP contribution >= 0.6 is 46.4 Å². The molecular formula is C61H70Cl4F2N10O7. The van der Waals surface area contributed by atoms with Crippen LogP contribution in [0, 0.1) is 35.3 Å². The van der Waals surface area contributed by atoms with E-state index >= 15 is 0 Å². The number of carbonyl (C=O) groups excluding carboxylic acids is 1. The predicted molar refractivity (Wildman–Crippen MR) is 326 cm³/mol. The lowest BCUT2D eigenvalue weighted by Crippen LogP contribution is -2.61. The van der Waals surface area contributed by atoms with E-state index in [-0.39, 0.29) is 68.8 Å². The van der Waals surface area contributed by atoms with Crippen LogP contribution in [0.25, 0.3) is 21.8 Å². The van der Waals surface area contributed by atoms with Crippen LogP contribution in [0.4, 0.5) is 31.8 Å². The maximum atomic E-state index is 14.7. The molecule has 2 saturated carbocycles. The molecule has 6 atom stereocenters. The number of benzene rings is 4. The molecule has 0 spiro atoms. The summed E-state index contributed by atoms with van der Waals surface area (Å²) in [4.78, 5) is 46.9. The lowest BCUT2D eigenvalue weighted by atomic mass is 9.68. The first-order valence-corrected chi connectivity index (χ1v) is 29.6. The molecule has 2 aliphatic carbocycles. The number of nitrogens with one attached hydrogen (secondary N) is 3. The number of carbonyl (C=O) groups is 2. The van der Waals surface area contributed by atoms with E-state index in [0.717, 1.165) is 58.8 Å². The van der Waals surface area contributed by atoms with Crippen LogP contribution in [0.2, 0.25) is 20.1 Å². The summed E-state index contributed by atoms with van der Waals surface area (Å²) in [5.74, 6) is 2.52. The zero-order valence-corrected chi connectivity index (χ0v) is 49.1. The molecule has 0 radical (unpaired) electrons. The molecule has 4 bridgehead atoms. The predicted octanol–water partition coefficient (Wildman–Crippen LogP) is 12.7. The van der Waals surface area contributed by atoms with E-state index in [1.165, 1.54) is 87.9 Å². The van der Waals surface area contributed by atoms with E-state index in [2.05, 4.69) is 45.7 Å². The number of ether oxygens (including phenoxy) is 4. The molecular weight excluding hydrogens is 1160 g/mol. The fourth-order valence-electron chi connectivity index (χ4n) is 11.7. The number of aromatic nitrogens is 4. The van der Waals surface area contributed by atoms with Crippen molar-refractivity contribution in [2.75, 3.05) is 90.3 Å². The Morgan fingerprint density at radius 1 is 0.631 bits per heavy atom. The fourth-order valence-corrected chi connectivity index (χ4v) is 12.3. The second kappa shape index (κ2) is 28.7. The zero-order valence-electron chi connectivity index (χ0n) is 46.1. The molecule has 4 aromatic carbocycles. The number of amides is 1. The molecule has 23 heteroatoms. The van der Waals surface area contributed by atoms with Gasteiger partial charge in [0.25, 0.3) is 0 Å². The van der Waals surface area contributed by atoms with E-state index < -0.39 is 17.6 Å². The first-order chi connectivity index (χ1) is 40.2. The number of fused-ring (bicyclic) bond motifs is 6. The van der Waals surface area contributed by atoms with Gasteiger partial charge in [0, 0.05) is 98.0 Å². The summed E-state index contributed by atoms with van der Waals surface area (Å²) >= 11 is 23.8. The number of likely N-dealkylation sites (tertiary alicyclic amines) is 2. The average Bonchev–Trinajstić information content (AvgIpc) is 2.16. The number of halogens is 6. The van der Waals surface area contributed by atoms with Gasteiger partial charge in [0.15, 0.2) is 34.6 Å². The Morgan fingerprint density at radius 2 is 1.07 bits per heavy atom. The summed E-state index contributed by atoms with van der Waals surface area (Å²) in [5.41, 5.74) is 1.56. The van der Waals surface area contributed by atoms with Gasteiger partial charge in [-0.1, -0.05) is 78.8 Å². The summed E-state index contributed by atoms with van der Waals surface area (Å²) in [6.45, 7) is 9.32. The highest BCUT2D eigenvalue weighted by atomic mass is 35.5. The molecule has 6 aromatic rings. The standard InChI is InChI=1S/C30H32Cl2FN5O3.C21H19Cl2FN4O2.C9H15NO2.CH4/c1-40-24-14-23-20(30(35-17-34-23)36-22-8-7-21(31)27(32)28(22)33)13-25(24)41-29-18-12-19(29)16-38(15-18)26(39)6-5-11-37-9-3-2-4-10-37;1-29-16-6-15-12(5-17(16)30-20-10-4-11(20)8-25-7-10)21(27-9-26-15)28-14-3-2-13(22)18(23)19(14)24;11-9(12)5-4-8-10-6-2-1-3-7-10;/h5-8,13-14,17-19,29H,2-4,9-12,15-16H2,1H3,(H,34,35,36);2-3,5-6,9-11,20,25H,4,7-8H2,1H3,(H,26,27,28);4-5H,1-3,6-8H2,(H,11,12);1H4/b6-5+;;5-4+;/t18-,19+,29?;10-,11+,20?;;. The lowest BCUT2D eigenvalue weighted by Gasteiger charge is -2.52. The maximum absolute atomic E-state index is 14.7. The highest BCUT2D eigenvalue weighted by molar-refractivity contribution is 6.42.